The van der Waals surface area contributed by atoms with E-state index in [4.69, 9.17) is 0 Å². The molecular weight excluding hydrogens is 234 g/mol. The first-order chi connectivity index (χ1) is 8.50. The number of nitrogens with zero attached hydrogens (tertiary/aromatic N) is 4. The van der Waals surface area contributed by atoms with Crippen LogP contribution in [0.1, 0.15) is 6.42 Å². The van der Waals surface area contributed by atoms with Gasteiger partial charge < -0.3 is 9.47 Å². The molecule has 0 aliphatic rings. The smallest absolute Gasteiger partial charge is 0.325 e. The number of fused-ring (bicyclic) bond motifs is 1. The van der Waals surface area contributed by atoms with E-state index in [9.17, 15) is 9.59 Å². The summed E-state index contributed by atoms with van der Waals surface area (Å²) in [5.74, 6) is 0. The van der Waals surface area contributed by atoms with E-state index < -0.39 is 5.69 Å². The zero-order valence-corrected chi connectivity index (χ0v) is 10.8. The lowest BCUT2D eigenvalue weighted by molar-refractivity contribution is 0.387. The average Bonchev–Trinajstić information content (AvgIpc) is 2.70. The number of nitrogens with one attached hydrogen (secondary N) is 1. The zero-order valence-electron chi connectivity index (χ0n) is 10.8. The van der Waals surface area contributed by atoms with Crippen LogP contribution in [0.15, 0.2) is 15.9 Å². The Kier molecular flexibility index (Phi) is 3.33. The van der Waals surface area contributed by atoms with Gasteiger partial charge >= 0.3 is 5.69 Å². The van der Waals surface area contributed by atoms with E-state index >= 15 is 0 Å². The second-order valence-corrected chi connectivity index (χ2v) is 4.59. The molecule has 98 valence electrons. The number of hydrogen-bond donors (Lipinski definition) is 1. The molecule has 2 rings (SSSR count). The standard InChI is InChI=1S/C11H17N5O2/c1-14(2)5-4-6-16-7-12-9-8(16)10(17)13-11(18)15(9)3/h7H,4-6H2,1-3H3,(H,13,17,18). The van der Waals surface area contributed by atoms with Crippen molar-refractivity contribution in [3.8, 4) is 0 Å². The summed E-state index contributed by atoms with van der Waals surface area (Å²) in [6.45, 7) is 1.64. The minimum atomic E-state index is -0.439. The summed E-state index contributed by atoms with van der Waals surface area (Å²) in [6, 6.07) is 0. The van der Waals surface area contributed by atoms with Crippen LogP contribution in [0, 0.1) is 0 Å². The highest BCUT2D eigenvalue weighted by Crippen LogP contribution is 2.05. The molecule has 2 heterocycles. The molecule has 0 atom stereocenters. The van der Waals surface area contributed by atoms with E-state index in [1.54, 1.807) is 17.9 Å². The van der Waals surface area contributed by atoms with Gasteiger partial charge in [-0.25, -0.2) is 9.78 Å². The Morgan fingerprint density at radius 1 is 1.39 bits per heavy atom. The van der Waals surface area contributed by atoms with Crippen LogP contribution in [0.25, 0.3) is 11.2 Å². The van der Waals surface area contributed by atoms with Crippen molar-refractivity contribution in [1.82, 2.24) is 24.0 Å². The fourth-order valence-electron chi connectivity index (χ4n) is 1.91. The maximum absolute atomic E-state index is 11.8. The van der Waals surface area contributed by atoms with Crippen LogP contribution in [-0.2, 0) is 13.6 Å². The van der Waals surface area contributed by atoms with E-state index in [1.807, 2.05) is 14.1 Å². The molecule has 0 aliphatic heterocycles. The van der Waals surface area contributed by atoms with E-state index in [2.05, 4.69) is 14.9 Å². The minimum absolute atomic E-state index is 0.379. The maximum Gasteiger partial charge on any atom is 0.329 e. The lowest BCUT2D eigenvalue weighted by Crippen LogP contribution is -2.29. The molecule has 2 aromatic heterocycles. The highest BCUT2D eigenvalue weighted by Gasteiger charge is 2.10. The lowest BCUT2D eigenvalue weighted by Gasteiger charge is -2.09. The highest BCUT2D eigenvalue weighted by atomic mass is 16.2. The molecule has 1 N–H and O–H groups in total. The number of imidazole rings is 1. The molecule has 0 aliphatic carbocycles. The number of rotatable bonds is 4. The third kappa shape index (κ3) is 2.21. The molecule has 7 nitrogen and oxygen atoms in total. The minimum Gasteiger partial charge on any atom is -0.325 e. The molecule has 18 heavy (non-hydrogen) atoms. The van der Waals surface area contributed by atoms with Crippen molar-refractivity contribution in [2.24, 2.45) is 7.05 Å². The summed E-state index contributed by atoms with van der Waals surface area (Å²) in [6.07, 6.45) is 2.52. The van der Waals surface area contributed by atoms with Crippen molar-refractivity contribution in [1.29, 1.82) is 0 Å². The summed E-state index contributed by atoms with van der Waals surface area (Å²) >= 11 is 0. The van der Waals surface area contributed by atoms with Crippen LogP contribution >= 0.6 is 0 Å². The van der Waals surface area contributed by atoms with Crippen LogP contribution in [-0.4, -0.2) is 44.6 Å². The Morgan fingerprint density at radius 2 is 2.11 bits per heavy atom. The van der Waals surface area contributed by atoms with Crippen molar-refractivity contribution in [3.05, 3.63) is 27.2 Å². The Labute approximate surface area is 104 Å². The van der Waals surface area contributed by atoms with Crippen molar-refractivity contribution in [2.45, 2.75) is 13.0 Å². The fraction of sp³-hybridized carbons (Fsp3) is 0.545. The van der Waals surface area contributed by atoms with Crippen LogP contribution in [0.2, 0.25) is 0 Å². The van der Waals surface area contributed by atoms with Gasteiger partial charge in [-0.2, -0.15) is 0 Å². The van der Waals surface area contributed by atoms with Crippen LogP contribution in [0.4, 0.5) is 0 Å². The van der Waals surface area contributed by atoms with Gasteiger partial charge in [0.2, 0.25) is 0 Å². The SMILES string of the molecule is CN(C)CCCn1cnc2c1c(=O)[nH]c(=O)n2C. The van der Waals surface area contributed by atoms with Gasteiger partial charge in [-0.1, -0.05) is 0 Å². The molecule has 0 amide bonds. The molecule has 0 fully saturated rings. The Balaban J connectivity index is 2.39. The number of aromatic nitrogens is 4. The van der Waals surface area contributed by atoms with E-state index in [1.165, 1.54) is 4.57 Å². The van der Waals surface area contributed by atoms with E-state index in [0.717, 1.165) is 13.0 Å². The van der Waals surface area contributed by atoms with Gasteiger partial charge in [0, 0.05) is 13.6 Å². The lowest BCUT2D eigenvalue weighted by atomic mass is 10.4. The van der Waals surface area contributed by atoms with E-state index in [-0.39, 0.29) is 5.56 Å². The largest absolute Gasteiger partial charge is 0.329 e. The van der Waals surface area contributed by atoms with Crippen molar-refractivity contribution >= 4 is 11.2 Å². The number of H-pyrrole nitrogens is 1. The highest BCUT2D eigenvalue weighted by molar-refractivity contribution is 5.69. The first-order valence-corrected chi connectivity index (χ1v) is 5.79. The van der Waals surface area contributed by atoms with Gasteiger partial charge in [-0.3, -0.25) is 14.3 Å². The molecule has 2 aromatic rings. The van der Waals surface area contributed by atoms with Crippen LogP contribution in [0.5, 0.6) is 0 Å². The van der Waals surface area contributed by atoms with Gasteiger partial charge in [-0.05, 0) is 27.1 Å². The Morgan fingerprint density at radius 3 is 2.78 bits per heavy atom. The van der Waals surface area contributed by atoms with Crippen LogP contribution < -0.4 is 11.2 Å². The molecule has 0 saturated carbocycles. The first-order valence-electron chi connectivity index (χ1n) is 5.79. The van der Waals surface area contributed by atoms with Crippen LogP contribution in [0.3, 0.4) is 0 Å². The third-order valence-electron chi connectivity index (χ3n) is 2.88. The third-order valence-corrected chi connectivity index (χ3v) is 2.88. The predicted octanol–water partition coefficient (Wildman–Crippen LogP) is -0.625. The van der Waals surface area contributed by atoms with Gasteiger partial charge in [0.05, 0.1) is 6.33 Å². The molecule has 7 heteroatoms. The Bertz CT molecular complexity index is 664. The van der Waals surface area contributed by atoms with Crippen molar-refractivity contribution in [3.63, 3.8) is 0 Å². The summed E-state index contributed by atoms with van der Waals surface area (Å²) in [5.41, 5.74) is 0.0611. The number of aryl methyl sites for hydroxylation is 2. The second kappa shape index (κ2) is 4.77. The second-order valence-electron chi connectivity index (χ2n) is 4.59. The monoisotopic (exact) mass is 251 g/mol. The zero-order chi connectivity index (χ0) is 13.3. The first kappa shape index (κ1) is 12.6. The predicted molar refractivity (Wildman–Crippen MR) is 68.8 cm³/mol. The molecule has 0 unspecified atom stereocenters. The van der Waals surface area contributed by atoms with Gasteiger partial charge in [0.25, 0.3) is 5.56 Å². The molecule has 0 bridgehead atoms. The molecule has 0 radical (unpaired) electrons. The van der Waals surface area contributed by atoms with Crippen molar-refractivity contribution < 1.29 is 0 Å². The maximum atomic E-state index is 11.8. The normalized spacial score (nSPS) is 11.6. The summed E-state index contributed by atoms with van der Waals surface area (Å²) < 4.78 is 3.14. The molecule has 0 aromatic carbocycles. The Hall–Kier alpha value is -1.89. The molecular formula is C11H17N5O2. The number of hydrogen-bond acceptors (Lipinski definition) is 4. The van der Waals surface area contributed by atoms with Gasteiger partial charge in [0.15, 0.2) is 11.2 Å². The summed E-state index contributed by atoms with van der Waals surface area (Å²) in [4.78, 5) is 31.7. The van der Waals surface area contributed by atoms with Gasteiger partial charge in [-0.15, -0.1) is 0 Å². The summed E-state index contributed by atoms with van der Waals surface area (Å²) in [5, 5.41) is 0. The van der Waals surface area contributed by atoms with Crippen molar-refractivity contribution in [2.75, 3.05) is 20.6 Å². The average molecular weight is 251 g/mol. The van der Waals surface area contributed by atoms with E-state index in [0.29, 0.717) is 17.7 Å². The quantitative estimate of drug-likeness (QED) is 0.785. The molecule has 0 saturated heterocycles. The van der Waals surface area contributed by atoms with Gasteiger partial charge in [0.1, 0.15) is 0 Å². The summed E-state index contributed by atoms with van der Waals surface area (Å²) in [7, 11) is 5.60. The fourth-order valence-corrected chi connectivity index (χ4v) is 1.91. The topological polar surface area (TPSA) is 75.9 Å². The molecule has 0 spiro atoms. The number of aromatic amines is 1.